The van der Waals surface area contributed by atoms with Gasteiger partial charge in [-0.05, 0) is 80.8 Å². The van der Waals surface area contributed by atoms with E-state index in [4.69, 9.17) is 15.5 Å². The summed E-state index contributed by atoms with van der Waals surface area (Å²) >= 11 is 0. The highest BCUT2D eigenvalue weighted by molar-refractivity contribution is 6.14. The van der Waals surface area contributed by atoms with Crippen LogP contribution in [0.2, 0.25) is 0 Å². The van der Waals surface area contributed by atoms with Crippen molar-refractivity contribution in [2.45, 2.75) is 32.1 Å². The molecule has 0 unspecified atom stereocenters. The van der Waals surface area contributed by atoms with Gasteiger partial charge in [0.25, 0.3) is 0 Å². The summed E-state index contributed by atoms with van der Waals surface area (Å²) in [5.74, 6) is 0.816. The van der Waals surface area contributed by atoms with Gasteiger partial charge in [-0.1, -0.05) is 0 Å². The van der Waals surface area contributed by atoms with E-state index in [1.807, 2.05) is 29.2 Å². The van der Waals surface area contributed by atoms with Crippen LogP contribution in [-0.2, 0) is 0 Å². The molecule has 2 saturated heterocycles. The van der Waals surface area contributed by atoms with Crippen molar-refractivity contribution < 1.29 is 9.13 Å². The first-order valence-electron chi connectivity index (χ1n) is 13.0. The van der Waals surface area contributed by atoms with Crippen molar-refractivity contribution >= 4 is 17.2 Å². The molecule has 0 aliphatic carbocycles. The number of methoxy groups -OCH3 is 1. The molecule has 3 aliphatic rings. The molecule has 5 rings (SSSR count). The van der Waals surface area contributed by atoms with Crippen molar-refractivity contribution in [2.75, 3.05) is 49.6 Å². The van der Waals surface area contributed by atoms with Gasteiger partial charge in [-0.25, -0.2) is 9.38 Å². The molecule has 0 saturated carbocycles. The van der Waals surface area contributed by atoms with Gasteiger partial charge in [0.05, 0.1) is 47.9 Å². The van der Waals surface area contributed by atoms with Gasteiger partial charge in [0.15, 0.2) is 0 Å². The summed E-state index contributed by atoms with van der Waals surface area (Å²) in [7, 11) is 1.57. The van der Waals surface area contributed by atoms with E-state index >= 15 is 4.39 Å². The maximum atomic E-state index is 15.7. The van der Waals surface area contributed by atoms with Crippen molar-refractivity contribution in [1.82, 2.24) is 4.90 Å². The van der Waals surface area contributed by atoms with E-state index in [1.54, 1.807) is 31.5 Å². The van der Waals surface area contributed by atoms with Crippen LogP contribution in [0.1, 0.15) is 43.2 Å². The van der Waals surface area contributed by atoms with Crippen LogP contribution in [0.25, 0.3) is 0 Å². The van der Waals surface area contributed by atoms with Crippen LogP contribution in [-0.4, -0.2) is 50.6 Å². The van der Waals surface area contributed by atoms with Gasteiger partial charge in [-0.2, -0.15) is 5.26 Å². The zero-order chi connectivity index (χ0) is 25.8. The van der Waals surface area contributed by atoms with Crippen LogP contribution in [0.4, 0.5) is 15.8 Å². The zero-order valence-corrected chi connectivity index (χ0v) is 21.3. The third-order valence-electron chi connectivity index (χ3n) is 7.32. The number of likely N-dealkylation sites (tertiary alicyclic amines) is 1. The van der Waals surface area contributed by atoms with Crippen LogP contribution >= 0.6 is 0 Å². The Labute approximate surface area is 217 Å². The summed E-state index contributed by atoms with van der Waals surface area (Å²) in [6, 6.07) is 12.9. The third-order valence-corrected chi connectivity index (χ3v) is 7.32. The number of allylic oxidation sites excluding steroid dienone is 1. The number of ether oxygens (including phenoxy) is 1. The molecule has 0 atom stereocenters. The molecule has 7 nitrogen and oxygen atoms in total. The lowest BCUT2D eigenvalue weighted by Crippen LogP contribution is -2.31. The van der Waals surface area contributed by atoms with Crippen molar-refractivity contribution in [3.8, 4) is 11.8 Å². The quantitative estimate of drug-likeness (QED) is 0.617. The first kappa shape index (κ1) is 24.7. The van der Waals surface area contributed by atoms with Crippen LogP contribution in [0.15, 0.2) is 65.1 Å². The number of amidine groups is 1. The van der Waals surface area contributed by atoms with Gasteiger partial charge in [0.1, 0.15) is 17.4 Å². The predicted molar refractivity (Wildman–Crippen MR) is 145 cm³/mol. The summed E-state index contributed by atoms with van der Waals surface area (Å²) < 4.78 is 21.4. The van der Waals surface area contributed by atoms with Crippen LogP contribution in [0.5, 0.6) is 5.75 Å². The summed E-state index contributed by atoms with van der Waals surface area (Å²) in [4.78, 5) is 11.5. The fraction of sp³-hybridized carbons (Fsp3) is 0.379. The number of aliphatic imine (C=N–C) groups is 1. The van der Waals surface area contributed by atoms with Crippen molar-refractivity contribution in [2.24, 2.45) is 10.7 Å². The molecule has 0 aromatic heterocycles. The monoisotopic (exact) mass is 500 g/mol. The lowest BCUT2D eigenvalue weighted by Gasteiger charge is -2.30. The summed E-state index contributed by atoms with van der Waals surface area (Å²) in [6.45, 7) is 4.18. The van der Waals surface area contributed by atoms with Gasteiger partial charge < -0.3 is 25.2 Å². The molecule has 2 fully saturated rings. The SMILES string of the molecule is COc1cc(C#N)ccc1C1=N/C(=C(/C=C\N)N2CCCCC2)CN1c1ccc(N2CCCC2)cc1F. The molecular weight excluding hydrogens is 467 g/mol. The second kappa shape index (κ2) is 11.0. The van der Waals surface area contributed by atoms with Crippen LogP contribution in [0.3, 0.4) is 0 Å². The molecule has 3 heterocycles. The average molecular weight is 501 g/mol. The zero-order valence-electron chi connectivity index (χ0n) is 21.3. The smallest absolute Gasteiger partial charge is 0.148 e. The second-order valence-corrected chi connectivity index (χ2v) is 9.62. The molecule has 37 heavy (non-hydrogen) atoms. The van der Waals surface area contributed by atoms with E-state index in [0.717, 1.165) is 68.9 Å². The summed E-state index contributed by atoms with van der Waals surface area (Å²) in [5.41, 5.74) is 10.2. The van der Waals surface area contributed by atoms with E-state index in [0.29, 0.717) is 34.9 Å². The standard InChI is InChI=1S/C29H33FN6O/c1-37-28-17-21(19-32)7-9-23(28)29-33-25(27(11-12-31)35-15-3-2-4-16-35)20-36(29)26-10-8-22(18-24(26)30)34-13-5-6-14-34/h7-12,17-18H,2-6,13-16,20,31H2,1H3/b12-11-,27-25-. The number of nitrogens with two attached hydrogens (primary N) is 1. The minimum absolute atomic E-state index is 0.292. The van der Waals surface area contributed by atoms with E-state index in [1.165, 1.54) is 6.42 Å². The summed E-state index contributed by atoms with van der Waals surface area (Å²) in [5, 5.41) is 9.38. The Morgan fingerprint density at radius 3 is 2.49 bits per heavy atom. The number of halogens is 1. The van der Waals surface area contributed by atoms with Gasteiger partial charge in [0, 0.05) is 31.9 Å². The number of rotatable bonds is 6. The number of anilines is 2. The number of benzene rings is 2. The number of piperidine rings is 1. The first-order chi connectivity index (χ1) is 18.1. The number of nitrogens with zero attached hydrogens (tertiary/aromatic N) is 5. The third kappa shape index (κ3) is 4.99. The van der Waals surface area contributed by atoms with Gasteiger partial charge in [-0.15, -0.1) is 0 Å². The molecule has 2 N–H and O–H groups in total. The van der Waals surface area contributed by atoms with Crippen LogP contribution in [0, 0.1) is 17.1 Å². The highest BCUT2D eigenvalue weighted by Gasteiger charge is 2.31. The van der Waals surface area contributed by atoms with Crippen LogP contribution < -0.4 is 20.3 Å². The number of hydrogen-bond donors (Lipinski definition) is 1. The Bertz CT molecular complexity index is 1280. The molecule has 2 aromatic rings. The Kier molecular flexibility index (Phi) is 7.31. The van der Waals surface area contributed by atoms with Crippen molar-refractivity contribution in [1.29, 1.82) is 5.26 Å². The Hall–Kier alpha value is -3.99. The number of nitriles is 1. The van der Waals surface area contributed by atoms with Gasteiger partial charge in [0.2, 0.25) is 0 Å². The minimum Gasteiger partial charge on any atom is -0.496 e. The van der Waals surface area contributed by atoms with Gasteiger partial charge >= 0.3 is 0 Å². The molecule has 0 radical (unpaired) electrons. The molecule has 0 amide bonds. The fourth-order valence-corrected chi connectivity index (χ4v) is 5.43. The Morgan fingerprint density at radius 1 is 1.05 bits per heavy atom. The maximum absolute atomic E-state index is 15.7. The van der Waals surface area contributed by atoms with E-state index in [2.05, 4.69) is 15.9 Å². The van der Waals surface area contributed by atoms with E-state index in [9.17, 15) is 5.26 Å². The normalized spacial score (nSPS) is 19.4. The summed E-state index contributed by atoms with van der Waals surface area (Å²) in [6.07, 6.45) is 9.15. The molecule has 2 aromatic carbocycles. The average Bonchev–Trinajstić information content (AvgIpc) is 3.63. The van der Waals surface area contributed by atoms with Gasteiger partial charge in [-0.3, -0.25) is 0 Å². The molecule has 192 valence electrons. The van der Waals surface area contributed by atoms with E-state index < -0.39 is 0 Å². The molecule has 0 bridgehead atoms. The lowest BCUT2D eigenvalue weighted by molar-refractivity contribution is 0.290. The fourth-order valence-electron chi connectivity index (χ4n) is 5.43. The second-order valence-electron chi connectivity index (χ2n) is 9.62. The predicted octanol–water partition coefficient (Wildman–Crippen LogP) is 4.74. The first-order valence-corrected chi connectivity index (χ1v) is 13.0. The highest BCUT2D eigenvalue weighted by Crippen LogP contribution is 2.35. The molecule has 0 spiro atoms. The lowest BCUT2D eigenvalue weighted by atomic mass is 10.1. The highest BCUT2D eigenvalue weighted by atomic mass is 19.1. The Balaban J connectivity index is 1.61. The maximum Gasteiger partial charge on any atom is 0.148 e. The van der Waals surface area contributed by atoms with E-state index in [-0.39, 0.29) is 5.82 Å². The number of hydrogen-bond acceptors (Lipinski definition) is 7. The molecular formula is C29H33FN6O. The van der Waals surface area contributed by atoms with Crippen molar-refractivity contribution in [3.05, 3.63) is 77.0 Å². The minimum atomic E-state index is -0.292. The topological polar surface area (TPSA) is 81.1 Å². The van der Waals surface area contributed by atoms with Crippen molar-refractivity contribution in [3.63, 3.8) is 0 Å². The largest absolute Gasteiger partial charge is 0.496 e. The Morgan fingerprint density at radius 2 is 1.81 bits per heavy atom. The molecule has 3 aliphatic heterocycles. The molecule has 8 heteroatoms.